The number of anilines is 1. The third-order valence-electron chi connectivity index (χ3n) is 6.00. The Kier molecular flexibility index (Phi) is 6.06. The minimum Gasteiger partial charge on any atom is -0.494 e. The van der Waals surface area contributed by atoms with Crippen LogP contribution in [0.25, 0.3) is 16.9 Å². The van der Waals surface area contributed by atoms with Crippen molar-refractivity contribution < 1.29 is 14.3 Å². The van der Waals surface area contributed by atoms with Crippen molar-refractivity contribution in [2.75, 3.05) is 12.4 Å². The van der Waals surface area contributed by atoms with Crippen molar-refractivity contribution in [2.45, 2.75) is 64.6 Å². The van der Waals surface area contributed by atoms with Gasteiger partial charge < -0.3 is 14.8 Å². The second-order valence-electron chi connectivity index (χ2n) is 9.99. The van der Waals surface area contributed by atoms with Crippen LogP contribution in [0.15, 0.2) is 54.6 Å². The maximum absolute atomic E-state index is 11.9. The fourth-order valence-electron chi connectivity index (χ4n) is 5.08. The van der Waals surface area contributed by atoms with Crippen molar-refractivity contribution in [3.63, 3.8) is 0 Å². The first-order valence-electron chi connectivity index (χ1n) is 11.4. The number of hydrogen-bond donors (Lipinski definition) is 1. The van der Waals surface area contributed by atoms with Crippen LogP contribution in [0.4, 0.5) is 5.69 Å². The first-order valence-corrected chi connectivity index (χ1v) is 11.4. The van der Waals surface area contributed by atoms with Crippen LogP contribution < -0.4 is 10.1 Å². The number of amides is 1. The van der Waals surface area contributed by atoms with Crippen molar-refractivity contribution in [1.29, 1.82) is 0 Å². The lowest BCUT2D eigenvalue weighted by molar-refractivity contribution is -0.162. The molecule has 0 atom stereocenters. The Bertz CT molecular complexity index is 1150. The first kappa shape index (κ1) is 23.1. The quantitative estimate of drug-likeness (QED) is 0.524. The molecule has 4 rings (SSSR count). The molecule has 0 spiro atoms. The van der Waals surface area contributed by atoms with Gasteiger partial charge in [0, 0.05) is 18.4 Å². The minimum atomic E-state index is -0.241. The van der Waals surface area contributed by atoms with E-state index in [0.717, 1.165) is 46.9 Å². The zero-order chi connectivity index (χ0) is 23.8. The number of ether oxygens (including phenoxy) is 2. The number of hydrogen-bond acceptors (Lipinski definition) is 4. The minimum absolute atomic E-state index is 0.112. The lowest BCUT2D eigenvalue weighted by atomic mass is 9.79. The molecule has 1 N–H and O–H groups in total. The van der Waals surface area contributed by atoms with E-state index >= 15 is 0 Å². The number of nitrogens with zero attached hydrogens (tertiary/aromatic N) is 2. The molecule has 0 radical (unpaired) electrons. The Labute approximate surface area is 195 Å². The fraction of sp³-hybridized carbons (Fsp3) is 0.407. The maximum Gasteiger partial charge on any atom is 0.221 e. The lowest BCUT2D eigenvalue weighted by Gasteiger charge is -2.45. The number of carbonyl (C=O) groups is 1. The highest BCUT2D eigenvalue weighted by molar-refractivity contribution is 5.93. The number of para-hydroxylation sites is 3. The molecule has 1 aliphatic heterocycles. The summed E-state index contributed by atoms with van der Waals surface area (Å²) in [5, 5.41) is 8.07. The van der Waals surface area contributed by atoms with Crippen LogP contribution in [-0.4, -0.2) is 34.0 Å². The number of rotatable bonds is 5. The molecule has 2 aromatic carbocycles. The third-order valence-corrected chi connectivity index (χ3v) is 6.00. The smallest absolute Gasteiger partial charge is 0.221 e. The summed E-state index contributed by atoms with van der Waals surface area (Å²) in [4.78, 5) is 11.9. The van der Waals surface area contributed by atoms with Gasteiger partial charge in [0.25, 0.3) is 0 Å². The van der Waals surface area contributed by atoms with E-state index in [1.54, 1.807) is 7.11 Å². The zero-order valence-corrected chi connectivity index (χ0v) is 20.3. The van der Waals surface area contributed by atoms with Crippen LogP contribution >= 0.6 is 0 Å². The van der Waals surface area contributed by atoms with E-state index in [2.05, 4.69) is 39.1 Å². The molecule has 6 nitrogen and oxygen atoms in total. The second-order valence-corrected chi connectivity index (χ2v) is 9.99. The van der Waals surface area contributed by atoms with Gasteiger partial charge in [-0.3, -0.25) is 4.79 Å². The Morgan fingerprint density at radius 2 is 1.70 bits per heavy atom. The molecule has 0 bridgehead atoms. The molecule has 6 heteroatoms. The van der Waals surface area contributed by atoms with Gasteiger partial charge in [0.1, 0.15) is 11.4 Å². The number of aromatic nitrogens is 2. The van der Waals surface area contributed by atoms with Gasteiger partial charge >= 0.3 is 0 Å². The fourth-order valence-corrected chi connectivity index (χ4v) is 5.08. The van der Waals surface area contributed by atoms with Crippen LogP contribution in [0.3, 0.4) is 0 Å². The predicted molar refractivity (Wildman–Crippen MR) is 131 cm³/mol. The summed E-state index contributed by atoms with van der Waals surface area (Å²) >= 11 is 0. The highest BCUT2D eigenvalue weighted by atomic mass is 16.5. The van der Waals surface area contributed by atoms with Gasteiger partial charge in [-0.2, -0.15) is 5.10 Å². The highest BCUT2D eigenvalue weighted by Gasteiger charge is 2.41. The van der Waals surface area contributed by atoms with Crippen LogP contribution in [0, 0.1) is 0 Å². The molecule has 33 heavy (non-hydrogen) atoms. The Hall–Kier alpha value is -3.12. The molecule has 3 aromatic rings. The van der Waals surface area contributed by atoms with Gasteiger partial charge in [-0.15, -0.1) is 0 Å². The van der Waals surface area contributed by atoms with E-state index in [0.29, 0.717) is 0 Å². The van der Waals surface area contributed by atoms with E-state index < -0.39 is 0 Å². The molecular weight excluding hydrogens is 414 g/mol. The van der Waals surface area contributed by atoms with Gasteiger partial charge in [-0.1, -0.05) is 30.3 Å². The summed E-state index contributed by atoms with van der Waals surface area (Å²) in [5.41, 5.74) is 3.94. The first-order chi connectivity index (χ1) is 15.6. The topological polar surface area (TPSA) is 65.4 Å². The maximum atomic E-state index is 11.9. The van der Waals surface area contributed by atoms with E-state index in [-0.39, 0.29) is 23.0 Å². The SMILES string of the molecule is COc1ccccc1-n1nc(C2CC(C)(C)OC(C)(C)C2)cc1-c1ccccc1NC(C)=O. The predicted octanol–water partition coefficient (Wildman–Crippen LogP) is 5.96. The molecule has 174 valence electrons. The summed E-state index contributed by atoms with van der Waals surface area (Å²) in [6.45, 7) is 10.1. The van der Waals surface area contributed by atoms with Gasteiger partial charge in [0.2, 0.25) is 5.91 Å². The van der Waals surface area contributed by atoms with Crippen LogP contribution in [0.2, 0.25) is 0 Å². The van der Waals surface area contributed by atoms with E-state index in [1.807, 2.05) is 53.2 Å². The summed E-state index contributed by atoms with van der Waals surface area (Å²) in [7, 11) is 1.66. The molecular formula is C27H33N3O3. The van der Waals surface area contributed by atoms with Gasteiger partial charge in [0.05, 0.1) is 35.4 Å². The van der Waals surface area contributed by atoms with Gasteiger partial charge in [0.15, 0.2) is 0 Å². The lowest BCUT2D eigenvalue weighted by Crippen LogP contribution is -2.44. The number of carbonyl (C=O) groups excluding carboxylic acids is 1. The van der Waals surface area contributed by atoms with Crippen molar-refractivity contribution in [3.05, 3.63) is 60.3 Å². The average Bonchev–Trinajstić information content (AvgIpc) is 3.16. The standard InChI is InChI=1S/C27H33N3O3/c1-18(31)28-21-12-8-7-11-20(21)24-15-22(19-16-26(2,3)33-27(4,5)17-19)29-30(24)23-13-9-10-14-25(23)32-6/h7-15,19H,16-17H2,1-6H3,(H,28,31). The molecule has 0 aliphatic carbocycles. The molecule has 1 fully saturated rings. The summed E-state index contributed by atoms with van der Waals surface area (Å²) in [6, 6.07) is 17.8. The van der Waals surface area contributed by atoms with Crippen molar-refractivity contribution in [1.82, 2.24) is 9.78 Å². The van der Waals surface area contributed by atoms with Crippen LogP contribution in [0.5, 0.6) is 5.75 Å². The molecule has 1 aliphatic rings. The highest BCUT2D eigenvalue weighted by Crippen LogP contribution is 2.44. The molecule has 0 saturated carbocycles. The summed E-state index contributed by atoms with van der Waals surface area (Å²) in [6.07, 6.45) is 1.76. The number of benzene rings is 2. The van der Waals surface area contributed by atoms with E-state index in [4.69, 9.17) is 14.6 Å². The Morgan fingerprint density at radius 1 is 1.06 bits per heavy atom. The second kappa shape index (κ2) is 8.67. The Morgan fingerprint density at radius 3 is 2.36 bits per heavy atom. The average molecular weight is 448 g/mol. The largest absolute Gasteiger partial charge is 0.494 e. The van der Waals surface area contributed by atoms with Crippen LogP contribution in [0.1, 0.15) is 59.1 Å². The number of methoxy groups -OCH3 is 1. The van der Waals surface area contributed by atoms with E-state index in [9.17, 15) is 4.79 Å². The van der Waals surface area contributed by atoms with Crippen molar-refractivity contribution in [3.8, 4) is 22.7 Å². The van der Waals surface area contributed by atoms with Crippen molar-refractivity contribution >= 4 is 11.6 Å². The van der Waals surface area contributed by atoms with Crippen LogP contribution in [-0.2, 0) is 9.53 Å². The zero-order valence-electron chi connectivity index (χ0n) is 20.3. The molecule has 1 aromatic heterocycles. The number of nitrogens with one attached hydrogen (secondary N) is 1. The van der Waals surface area contributed by atoms with Crippen molar-refractivity contribution in [2.24, 2.45) is 0 Å². The molecule has 2 heterocycles. The van der Waals surface area contributed by atoms with E-state index in [1.165, 1.54) is 6.92 Å². The van der Waals surface area contributed by atoms with Gasteiger partial charge in [-0.25, -0.2) is 4.68 Å². The molecule has 1 amide bonds. The normalized spacial score (nSPS) is 17.5. The van der Waals surface area contributed by atoms with Gasteiger partial charge in [-0.05, 0) is 64.8 Å². The summed E-state index contributed by atoms with van der Waals surface area (Å²) in [5.74, 6) is 0.864. The monoisotopic (exact) mass is 447 g/mol. The molecule has 1 saturated heterocycles. The Balaban J connectivity index is 1.90. The summed E-state index contributed by atoms with van der Waals surface area (Å²) < 4.78 is 13.9. The molecule has 0 unspecified atom stereocenters. The third kappa shape index (κ3) is 4.96.